The van der Waals surface area contributed by atoms with Crippen LogP contribution in [0, 0.1) is 0 Å². The molecule has 1 aliphatic rings. The minimum absolute atomic E-state index is 0.891. The molecule has 2 nitrogen and oxygen atoms in total. The molecule has 0 radical (unpaired) electrons. The molecule has 21 heavy (non-hydrogen) atoms. The van der Waals surface area contributed by atoms with Crippen LogP contribution in [0.15, 0.2) is 59.5 Å². The van der Waals surface area contributed by atoms with Gasteiger partial charge in [0.25, 0.3) is 0 Å². The van der Waals surface area contributed by atoms with Crippen LogP contribution in [0.1, 0.15) is 24.0 Å². The van der Waals surface area contributed by atoms with Crippen molar-refractivity contribution in [2.24, 2.45) is 0 Å². The Labute approximate surface area is 131 Å². The van der Waals surface area contributed by atoms with Crippen LogP contribution in [0.2, 0.25) is 0 Å². The fourth-order valence-corrected chi connectivity index (χ4v) is 3.47. The highest BCUT2D eigenvalue weighted by Crippen LogP contribution is 2.19. The summed E-state index contributed by atoms with van der Waals surface area (Å²) < 4.78 is 3.44. The molecule has 0 atom stereocenters. The molecule has 2 aromatic rings. The molecule has 1 fully saturated rings. The number of rotatable bonds is 6. The Morgan fingerprint density at radius 3 is 2.48 bits per heavy atom. The molecule has 1 aliphatic heterocycles. The van der Waals surface area contributed by atoms with Crippen molar-refractivity contribution in [2.75, 3.05) is 13.1 Å². The van der Waals surface area contributed by atoms with Crippen LogP contribution in [-0.2, 0) is 13.1 Å². The number of nitrogens with one attached hydrogen (secondary N) is 1. The summed E-state index contributed by atoms with van der Waals surface area (Å²) in [6.45, 7) is 4.49. The van der Waals surface area contributed by atoms with Gasteiger partial charge in [0.05, 0.1) is 0 Å². The summed E-state index contributed by atoms with van der Waals surface area (Å²) in [5, 5.41) is 0. The summed E-state index contributed by atoms with van der Waals surface area (Å²) in [5.74, 6) is 0. The molecule has 1 saturated heterocycles. The van der Waals surface area contributed by atoms with E-state index in [1.54, 1.807) is 11.9 Å². The Hall–Kier alpha value is -1.29. The molecule has 2 aromatic carbocycles. The predicted molar refractivity (Wildman–Crippen MR) is 90.1 cm³/mol. The topological polar surface area (TPSA) is 15.3 Å². The van der Waals surface area contributed by atoms with Gasteiger partial charge in [-0.25, -0.2) is 0 Å². The van der Waals surface area contributed by atoms with Crippen LogP contribution >= 0.6 is 11.9 Å². The molecule has 0 aromatic heterocycles. The van der Waals surface area contributed by atoms with Crippen molar-refractivity contribution < 1.29 is 0 Å². The normalized spacial score (nSPS) is 15.4. The second kappa shape index (κ2) is 7.64. The quantitative estimate of drug-likeness (QED) is 0.809. The van der Waals surface area contributed by atoms with E-state index in [0.29, 0.717) is 0 Å². The average molecular weight is 298 g/mol. The Morgan fingerprint density at radius 1 is 0.905 bits per heavy atom. The predicted octanol–water partition coefficient (Wildman–Crippen LogP) is 4.08. The number of likely N-dealkylation sites (tertiary alicyclic amines) is 1. The number of hydrogen-bond donors (Lipinski definition) is 1. The lowest BCUT2D eigenvalue weighted by atomic mass is 10.2. The van der Waals surface area contributed by atoms with E-state index in [0.717, 1.165) is 13.1 Å². The number of hydrogen-bond acceptors (Lipinski definition) is 3. The minimum atomic E-state index is 0.891. The van der Waals surface area contributed by atoms with Gasteiger partial charge in [0.15, 0.2) is 0 Å². The molecule has 0 unspecified atom stereocenters. The molecule has 0 aliphatic carbocycles. The van der Waals surface area contributed by atoms with Gasteiger partial charge in [0.1, 0.15) is 0 Å². The van der Waals surface area contributed by atoms with E-state index in [1.807, 2.05) is 0 Å². The van der Waals surface area contributed by atoms with E-state index < -0.39 is 0 Å². The third kappa shape index (κ3) is 4.60. The zero-order valence-electron chi connectivity index (χ0n) is 12.3. The highest BCUT2D eigenvalue weighted by atomic mass is 32.2. The number of benzene rings is 2. The zero-order chi connectivity index (χ0) is 14.3. The first-order valence-electron chi connectivity index (χ1n) is 7.65. The summed E-state index contributed by atoms with van der Waals surface area (Å²) in [7, 11) is 0. The van der Waals surface area contributed by atoms with Gasteiger partial charge in [-0.05, 0) is 61.1 Å². The van der Waals surface area contributed by atoms with Crippen LogP contribution < -0.4 is 4.72 Å². The lowest BCUT2D eigenvalue weighted by molar-refractivity contribution is 0.331. The van der Waals surface area contributed by atoms with Crippen molar-refractivity contribution in [1.29, 1.82) is 0 Å². The van der Waals surface area contributed by atoms with E-state index in [9.17, 15) is 0 Å². The van der Waals surface area contributed by atoms with Crippen LogP contribution in [0.25, 0.3) is 0 Å². The maximum Gasteiger partial charge on any atom is 0.0313 e. The van der Waals surface area contributed by atoms with Gasteiger partial charge in [-0.2, -0.15) is 0 Å². The lowest BCUT2D eigenvalue weighted by Gasteiger charge is -2.15. The molecule has 1 N–H and O–H groups in total. The van der Waals surface area contributed by atoms with E-state index in [1.165, 1.54) is 42.0 Å². The molecular weight excluding hydrogens is 276 g/mol. The van der Waals surface area contributed by atoms with Gasteiger partial charge in [0.2, 0.25) is 0 Å². The van der Waals surface area contributed by atoms with Gasteiger partial charge in [-0.15, -0.1) is 0 Å². The third-order valence-corrected chi connectivity index (χ3v) is 4.59. The smallest absolute Gasteiger partial charge is 0.0313 e. The third-order valence-electron chi connectivity index (χ3n) is 3.81. The molecule has 0 bridgehead atoms. The monoisotopic (exact) mass is 298 g/mol. The molecule has 0 saturated carbocycles. The number of nitrogens with zero attached hydrogens (tertiary/aromatic N) is 1. The summed E-state index contributed by atoms with van der Waals surface area (Å²) in [6, 6.07) is 19.4. The van der Waals surface area contributed by atoms with Crippen molar-refractivity contribution in [3.63, 3.8) is 0 Å². The minimum Gasteiger partial charge on any atom is -0.299 e. The maximum absolute atomic E-state index is 3.44. The van der Waals surface area contributed by atoms with E-state index in [-0.39, 0.29) is 0 Å². The van der Waals surface area contributed by atoms with Gasteiger partial charge in [0, 0.05) is 18.0 Å². The van der Waals surface area contributed by atoms with Gasteiger partial charge in [-0.3, -0.25) is 9.62 Å². The first kappa shape index (κ1) is 14.6. The summed E-state index contributed by atoms with van der Waals surface area (Å²) in [4.78, 5) is 3.84. The van der Waals surface area contributed by atoms with Crippen molar-refractivity contribution in [2.45, 2.75) is 30.8 Å². The molecule has 110 valence electrons. The van der Waals surface area contributed by atoms with Crippen molar-refractivity contribution in [1.82, 2.24) is 9.62 Å². The second-order valence-electron chi connectivity index (χ2n) is 5.54. The Kier molecular flexibility index (Phi) is 5.33. The highest BCUT2D eigenvalue weighted by molar-refractivity contribution is 7.97. The van der Waals surface area contributed by atoms with Crippen LogP contribution in [-0.4, -0.2) is 18.0 Å². The first-order chi connectivity index (χ1) is 10.4. The fraction of sp³-hybridized carbons (Fsp3) is 0.333. The van der Waals surface area contributed by atoms with Crippen molar-refractivity contribution in [3.8, 4) is 0 Å². The van der Waals surface area contributed by atoms with E-state index >= 15 is 0 Å². The Morgan fingerprint density at radius 2 is 1.67 bits per heavy atom. The van der Waals surface area contributed by atoms with Crippen LogP contribution in [0.3, 0.4) is 0 Å². The largest absolute Gasteiger partial charge is 0.299 e. The molecule has 3 rings (SSSR count). The average Bonchev–Trinajstić information content (AvgIpc) is 3.02. The van der Waals surface area contributed by atoms with Gasteiger partial charge in [-0.1, -0.05) is 42.5 Å². The Balaban J connectivity index is 1.51. The maximum atomic E-state index is 3.44. The van der Waals surface area contributed by atoms with Gasteiger partial charge < -0.3 is 0 Å². The zero-order valence-corrected chi connectivity index (χ0v) is 13.1. The fourth-order valence-electron chi connectivity index (χ4n) is 2.70. The Bertz CT molecular complexity index is 550. The molecular formula is C18H22N2S. The summed E-state index contributed by atoms with van der Waals surface area (Å²) in [5.41, 5.74) is 2.74. The van der Waals surface area contributed by atoms with Crippen LogP contribution in [0.4, 0.5) is 0 Å². The van der Waals surface area contributed by atoms with Crippen LogP contribution in [0.5, 0.6) is 0 Å². The van der Waals surface area contributed by atoms with E-state index in [4.69, 9.17) is 0 Å². The van der Waals surface area contributed by atoms with Gasteiger partial charge >= 0.3 is 0 Å². The van der Waals surface area contributed by atoms with E-state index in [2.05, 4.69) is 64.2 Å². The second-order valence-corrected chi connectivity index (χ2v) is 6.50. The standard InChI is InChI=1S/C18H22N2S/c1-2-7-16(8-3-1)14-19-21-18-10-6-9-17(13-18)15-20-11-4-5-12-20/h1-3,6-10,13,19H,4-5,11-12,14-15H2. The molecule has 3 heteroatoms. The molecule has 1 heterocycles. The van der Waals surface area contributed by atoms with Crippen molar-refractivity contribution >= 4 is 11.9 Å². The lowest BCUT2D eigenvalue weighted by Crippen LogP contribution is -2.18. The van der Waals surface area contributed by atoms with Crippen molar-refractivity contribution in [3.05, 3.63) is 65.7 Å². The first-order valence-corrected chi connectivity index (χ1v) is 8.47. The summed E-state index contributed by atoms with van der Waals surface area (Å²) >= 11 is 1.72. The highest BCUT2D eigenvalue weighted by Gasteiger charge is 2.11. The molecule has 0 amide bonds. The summed E-state index contributed by atoms with van der Waals surface area (Å²) in [6.07, 6.45) is 2.71. The SMILES string of the molecule is c1ccc(CNSc2cccc(CN3CCCC3)c2)cc1. The molecule has 0 spiro atoms.